The minimum absolute atomic E-state index is 0.211. The lowest BCUT2D eigenvalue weighted by atomic mass is 10.0. The van der Waals surface area contributed by atoms with Gasteiger partial charge >= 0.3 is 0 Å². The lowest BCUT2D eigenvalue weighted by molar-refractivity contribution is 0.359. The van der Waals surface area contributed by atoms with Crippen LogP contribution in [-0.4, -0.2) is 29.8 Å². The monoisotopic (exact) mass is 286 g/mol. The Morgan fingerprint density at radius 1 is 1.24 bits per heavy atom. The molecule has 0 aliphatic carbocycles. The summed E-state index contributed by atoms with van der Waals surface area (Å²) < 4.78 is 5.43. The molecule has 2 heterocycles. The fraction of sp³-hybridized carbons (Fsp3) is 0.500. The molecule has 0 bridgehead atoms. The van der Waals surface area contributed by atoms with Crippen molar-refractivity contribution in [1.29, 1.82) is 0 Å². The van der Waals surface area contributed by atoms with Crippen molar-refractivity contribution in [1.82, 2.24) is 15.5 Å². The summed E-state index contributed by atoms with van der Waals surface area (Å²) >= 11 is 0. The summed E-state index contributed by atoms with van der Waals surface area (Å²) in [4.78, 5) is 6.74. The zero-order chi connectivity index (χ0) is 14.5. The molecule has 5 heteroatoms. The van der Waals surface area contributed by atoms with Crippen LogP contribution in [0.1, 0.15) is 37.3 Å². The van der Waals surface area contributed by atoms with Crippen molar-refractivity contribution in [2.24, 2.45) is 0 Å². The Bertz CT molecular complexity index is 548. The molecule has 1 N–H and O–H groups in total. The third-order valence-corrected chi connectivity index (χ3v) is 3.88. The highest BCUT2D eigenvalue weighted by Gasteiger charge is 2.20. The number of nitrogens with one attached hydrogen (secondary N) is 1. The summed E-state index contributed by atoms with van der Waals surface area (Å²) in [6, 6.07) is 10.6. The SMILES string of the molecule is CCNC(Cc1nc(N2CCCC2)no1)c1ccccc1. The third kappa shape index (κ3) is 3.42. The number of anilines is 1. The maximum absolute atomic E-state index is 5.43. The molecular formula is C16H22N4O. The van der Waals surface area contributed by atoms with Crippen molar-refractivity contribution in [3.63, 3.8) is 0 Å². The van der Waals surface area contributed by atoms with Gasteiger partial charge in [-0.25, -0.2) is 0 Å². The molecule has 1 fully saturated rings. The van der Waals surface area contributed by atoms with Crippen LogP contribution in [0.2, 0.25) is 0 Å². The van der Waals surface area contributed by atoms with Crippen LogP contribution in [0.4, 0.5) is 5.95 Å². The number of benzene rings is 1. The largest absolute Gasteiger partial charge is 0.338 e. The predicted octanol–water partition coefficient (Wildman–Crippen LogP) is 2.56. The van der Waals surface area contributed by atoms with E-state index in [1.54, 1.807) is 0 Å². The van der Waals surface area contributed by atoms with Crippen molar-refractivity contribution in [3.05, 3.63) is 41.8 Å². The van der Waals surface area contributed by atoms with Crippen LogP contribution in [0.25, 0.3) is 0 Å². The molecule has 112 valence electrons. The molecule has 1 atom stereocenters. The fourth-order valence-corrected chi connectivity index (χ4v) is 2.79. The van der Waals surface area contributed by atoms with Crippen LogP contribution in [0.15, 0.2) is 34.9 Å². The number of likely N-dealkylation sites (N-methyl/N-ethyl adjacent to an activating group) is 1. The molecule has 1 unspecified atom stereocenters. The molecule has 1 aromatic carbocycles. The minimum Gasteiger partial charge on any atom is -0.338 e. The number of hydrogen-bond donors (Lipinski definition) is 1. The molecule has 0 amide bonds. The molecular weight excluding hydrogens is 264 g/mol. The summed E-state index contributed by atoms with van der Waals surface area (Å²) in [5, 5.41) is 7.60. The predicted molar refractivity (Wildman–Crippen MR) is 82.3 cm³/mol. The lowest BCUT2D eigenvalue weighted by Crippen LogP contribution is -2.23. The first kappa shape index (κ1) is 14.1. The first-order chi connectivity index (χ1) is 10.4. The molecule has 1 aliphatic rings. The van der Waals surface area contributed by atoms with E-state index in [0.717, 1.165) is 32.0 Å². The molecule has 0 spiro atoms. The fourth-order valence-electron chi connectivity index (χ4n) is 2.79. The highest BCUT2D eigenvalue weighted by atomic mass is 16.5. The molecule has 1 aromatic heterocycles. The Labute approximate surface area is 125 Å². The van der Waals surface area contributed by atoms with Gasteiger partial charge in [0.1, 0.15) is 0 Å². The van der Waals surface area contributed by atoms with Crippen LogP contribution in [0.3, 0.4) is 0 Å². The Balaban J connectivity index is 1.71. The summed E-state index contributed by atoms with van der Waals surface area (Å²) in [5.74, 6) is 1.44. The van der Waals surface area contributed by atoms with Crippen molar-refractivity contribution >= 4 is 5.95 Å². The van der Waals surface area contributed by atoms with Crippen LogP contribution < -0.4 is 10.2 Å². The van der Waals surface area contributed by atoms with E-state index in [4.69, 9.17) is 4.52 Å². The van der Waals surface area contributed by atoms with E-state index in [0.29, 0.717) is 5.89 Å². The van der Waals surface area contributed by atoms with Crippen molar-refractivity contribution in [2.45, 2.75) is 32.2 Å². The van der Waals surface area contributed by atoms with Gasteiger partial charge in [-0.2, -0.15) is 4.98 Å². The van der Waals surface area contributed by atoms with Crippen LogP contribution in [0.5, 0.6) is 0 Å². The Morgan fingerprint density at radius 3 is 2.71 bits per heavy atom. The highest BCUT2D eigenvalue weighted by molar-refractivity contribution is 5.29. The van der Waals surface area contributed by atoms with Gasteiger partial charge in [0.2, 0.25) is 5.89 Å². The first-order valence-electron chi connectivity index (χ1n) is 7.72. The quantitative estimate of drug-likeness (QED) is 0.884. The van der Waals surface area contributed by atoms with Crippen LogP contribution in [-0.2, 0) is 6.42 Å². The van der Waals surface area contributed by atoms with Gasteiger partial charge < -0.3 is 14.7 Å². The standard InChI is InChI=1S/C16H22N4O/c1-2-17-14(13-8-4-3-5-9-13)12-15-18-16(19-21-15)20-10-6-7-11-20/h3-5,8-9,14,17H,2,6-7,10-12H2,1H3. The Morgan fingerprint density at radius 2 is 2.00 bits per heavy atom. The molecule has 0 saturated carbocycles. The third-order valence-electron chi connectivity index (χ3n) is 3.88. The summed E-state index contributed by atoms with van der Waals surface area (Å²) in [7, 11) is 0. The van der Waals surface area contributed by atoms with Gasteiger partial charge in [-0.1, -0.05) is 37.3 Å². The molecule has 3 rings (SSSR count). The van der Waals surface area contributed by atoms with Gasteiger partial charge in [0.15, 0.2) is 0 Å². The van der Waals surface area contributed by atoms with Crippen molar-refractivity contribution < 1.29 is 4.52 Å². The number of rotatable bonds is 6. The summed E-state index contributed by atoms with van der Waals surface area (Å²) in [6.07, 6.45) is 3.15. The Kier molecular flexibility index (Phi) is 4.50. The molecule has 1 aliphatic heterocycles. The average Bonchev–Trinajstić information content (AvgIpc) is 3.19. The second-order valence-corrected chi connectivity index (χ2v) is 5.41. The minimum atomic E-state index is 0.211. The average molecular weight is 286 g/mol. The second-order valence-electron chi connectivity index (χ2n) is 5.41. The van der Waals surface area contributed by atoms with Gasteiger partial charge in [0.05, 0.1) is 0 Å². The summed E-state index contributed by atoms with van der Waals surface area (Å²) in [6.45, 7) is 5.09. The van der Waals surface area contributed by atoms with Crippen LogP contribution in [0, 0.1) is 0 Å². The molecule has 5 nitrogen and oxygen atoms in total. The molecule has 1 saturated heterocycles. The normalized spacial score (nSPS) is 16.3. The first-order valence-corrected chi connectivity index (χ1v) is 7.72. The molecule has 2 aromatic rings. The summed E-state index contributed by atoms with van der Waals surface area (Å²) in [5.41, 5.74) is 1.25. The topological polar surface area (TPSA) is 54.2 Å². The van der Waals surface area contributed by atoms with Gasteiger partial charge in [-0.15, -0.1) is 0 Å². The van der Waals surface area contributed by atoms with Crippen molar-refractivity contribution in [3.8, 4) is 0 Å². The van der Waals surface area contributed by atoms with Crippen LogP contribution >= 0.6 is 0 Å². The van der Waals surface area contributed by atoms with E-state index in [2.05, 4.69) is 51.5 Å². The van der Waals surface area contributed by atoms with Gasteiger partial charge in [0.25, 0.3) is 5.95 Å². The highest BCUT2D eigenvalue weighted by Crippen LogP contribution is 2.20. The molecule has 21 heavy (non-hydrogen) atoms. The number of nitrogens with zero attached hydrogens (tertiary/aromatic N) is 3. The maximum atomic E-state index is 5.43. The van der Waals surface area contributed by atoms with E-state index >= 15 is 0 Å². The van der Waals surface area contributed by atoms with E-state index in [-0.39, 0.29) is 6.04 Å². The Hall–Kier alpha value is -1.88. The second kappa shape index (κ2) is 6.72. The zero-order valence-electron chi connectivity index (χ0n) is 12.5. The zero-order valence-corrected chi connectivity index (χ0v) is 12.5. The number of aromatic nitrogens is 2. The molecule has 0 radical (unpaired) electrons. The van der Waals surface area contributed by atoms with Gasteiger partial charge in [-0.05, 0) is 30.1 Å². The van der Waals surface area contributed by atoms with E-state index in [1.807, 2.05) is 6.07 Å². The van der Waals surface area contributed by atoms with Gasteiger partial charge in [-0.3, -0.25) is 0 Å². The van der Waals surface area contributed by atoms with Crippen molar-refractivity contribution in [2.75, 3.05) is 24.5 Å². The lowest BCUT2D eigenvalue weighted by Gasteiger charge is -2.16. The van der Waals surface area contributed by atoms with E-state index < -0.39 is 0 Å². The smallest absolute Gasteiger partial charge is 0.266 e. The number of hydrogen-bond acceptors (Lipinski definition) is 5. The maximum Gasteiger partial charge on any atom is 0.266 e. The van der Waals surface area contributed by atoms with E-state index in [1.165, 1.54) is 18.4 Å². The van der Waals surface area contributed by atoms with Gasteiger partial charge in [0, 0.05) is 25.6 Å². The van der Waals surface area contributed by atoms with E-state index in [9.17, 15) is 0 Å².